The van der Waals surface area contributed by atoms with Crippen molar-refractivity contribution in [1.82, 2.24) is 15.0 Å². The largest absolute Gasteiger partial charge is 0.438 e. The predicted molar refractivity (Wildman–Crippen MR) is 76.6 cm³/mol. The molecule has 0 radical (unpaired) electrons. The third kappa shape index (κ3) is 2.52. The van der Waals surface area contributed by atoms with Crippen LogP contribution in [-0.2, 0) is 0 Å². The van der Waals surface area contributed by atoms with E-state index in [-0.39, 0.29) is 0 Å². The minimum atomic E-state index is 0.309. The number of pyridine rings is 1. The number of nitrogens with zero attached hydrogens (tertiary/aromatic N) is 3. The zero-order valence-electron chi connectivity index (χ0n) is 9.55. The van der Waals surface area contributed by atoms with Crippen molar-refractivity contribution >= 4 is 38.4 Å². The molecule has 0 aliphatic carbocycles. The fourth-order valence-electron chi connectivity index (χ4n) is 1.63. The molecule has 2 aromatic heterocycles. The van der Waals surface area contributed by atoms with Gasteiger partial charge in [-0.1, -0.05) is 17.7 Å². The molecule has 0 fully saturated rings. The highest BCUT2D eigenvalue weighted by Gasteiger charge is 2.09. The number of rotatable bonds is 2. The number of aromatic nitrogens is 3. The highest BCUT2D eigenvalue weighted by Crippen LogP contribution is 2.32. The summed E-state index contributed by atoms with van der Waals surface area (Å²) in [6.07, 6.45) is 3.09. The summed E-state index contributed by atoms with van der Waals surface area (Å²) in [7, 11) is 0. The van der Waals surface area contributed by atoms with E-state index in [1.54, 1.807) is 6.20 Å². The minimum Gasteiger partial charge on any atom is -0.438 e. The first-order chi connectivity index (χ1) is 9.24. The summed E-state index contributed by atoms with van der Waals surface area (Å²) < 4.78 is 6.20. The Kier molecular flexibility index (Phi) is 3.31. The first-order valence-corrected chi connectivity index (χ1v) is 6.60. The Balaban J connectivity index is 1.99. The molecule has 4 nitrogen and oxygen atoms in total. The summed E-state index contributed by atoms with van der Waals surface area (Å²) >= 11 is 9.17. The first-order valence-electron chi connectivity index (χ1n) is 5.43. The fourth-order valence-corrected chi connectivity index (χ4v) is 2.04. The van der Waals surface area contributed by atoms with Crippen LogP contribution < -0.4 is 4.74 Å². The lowest BCUT2D eigenvalue weighted by molar-refractivity contribution is 0.458. The van der Waals surface area contributed by atoms with Crippen LogP contribution in [0.1, 0.15) is 0 Å². The van der Waals surface area contributed by atoms with Gasteiger partial charge in [0.1, 0.15) is 16.5 Å². The molecule has 0 N–H and O–H groups in total. The Hall–Kier alpha value is -1.72. The summed E-state index contributed by atoms with van der Waals surface area (Å²) in [5.41, 5.74) is 0.858. The SMILES string of the molecule is Clc1ncnc(Oc2ccc3cccnc3c2)c1Br. The zero-order valence-corrected chi connectivity index (χ0v) is 11.9. The van der Waals surface area contributed by atoms with Crippen molar-refractivity contribution in [2.75, 3.05) is 0 Å². The van der Waals surface area contributed by atoms with Crippen LogP contribution in [0.3, 0.4) is 0 Å². The smallest absolute Gasteiger partial charge is 0.238 e. The van der Waals surface area contributed by atoms with E-state index >= 15 is 0 Å². The summed E-state index contributed by atoms with van der Waals surface area (Å²) in [5.74, 6) is 1.01. The van der Waals surface area contributed by atoms with Crippen molar-refractivity contribution in [3.8, 4) is 11.6 Å². The van der Waals surface area contributed by atoms with Gasteiger partial charge in [0, 0.05) is 17.6 Å². The number of halogens is 2. The molecule has 0 aliphatic rings. The van der Waals surface area contributed by atoms with Gasteiger partial charge < -0.3 is 4.74 Å². The van der Waals surface area contributed by atoms with E-state index in [1.807, 2.05) is 30.3 Å². The van der Waals surface area contributed by atoms with Gasteiger partial charge in [0.15, 0.2) is 5.15 Å². The Morgan fingerprint density at radius 3 is 2.89 bits per heavy atom. The van der Waals surface area contributed by atoms with Gasteiger partial charge in [-0.3, -0.25) is 4.98 Å². The Bertz CT molecular complexity index is 751. The second-order valence-electron chi connectivity index (χ2n) is 3.74. The van der Waals surface area contributed by atoms with Crippen molar-refractivity contribution in [3.63, 3.8) is 0 Å². The molecular formula is C13H7BrClN3O. The second kappa shape index (κ2) is 5.11. The van der Waals surface area contributed by atoms with Crippen LogP contribution in [0.2, 0.25) is 5.15 Å². The van der Waals surface area contributed by atoms with E-state index in [2.05, 4.69) is 30.9 Å². The number of fused-ring (bicyclic) bond motifs is 1. The van der Waals surface area contributed by atoms with Crippen LogP contribution in [0.4, 0.5) is 0 Å². The fraction of sp³-hybridized carbons (Fsp3) is 0. The molecule has 0 atom stereocenters. The molecule has 2 heterocycles. The molecule has 0 spiro atoms. The van der Waals surface area contributed by atoms with Gasteiger partial charge in [0.25, 0.3) is 0 Å². The van der Waals surface area contributed by atoms with E-state index in [0.29, 0.717) is 21.3 Å². The number of benzene rings is 1. The van der Waals surface area contributed by atoms with Gasteiger partial charge in [-0.05, 0) is 34.1 Å². The maximum atomic E-state index is 5.88. The van der Waals surface area contributed by atoms with Crippen LogP contribution in [0, 0.1) is 0 Å². The first kappa shape index (κ1) is 12.3. The van der Waals surface area contributed by atoms with Crippen LogP contribution in [0.5, 0.6) is 11.6 Å². The Morgan fingerprint density at radius 1 is 1.11 bits per heavy atom. The van der Waals surface area contributed by atoms with E-state index in [1.165, 1.54) is 6.33 Å². The zero-order chi connectivity index (χ0) is 13.2. The van der Waals surface area contributed by atoms with Crippen molar-refractivity contribution in [1.29, 1.82) is 0 Å². The number of ether oxygens (including phenoxy) is 1. The monoisotopic (exact) mass is 335 g/mol. The third-order valence-corrected chi connectivity index (χ3v) is 3.74. The molecule has 0 amide bonds. The summed E-state index contributed by atoms with van der Waals surface area (Å²) in [5, 5.41) is 1.36. The Morgan fingerprint density at radius 2 is 2.00 bits per heavy atom. The van der Waals surface area contributed by atoms with Crippen molar-refractivity contribution in [2.24, 2.45) is 0 Å². The molecule has 1 aromatic carbocycles. The van der Waals surface area contributed by atoms with E-state index < -0.39 is 0 Å². The standard InChI is InChI=1S/C13H7BrClN3O/c14-11-12(15)17-7-18-13(11)19-9-4-3-8-2-1-5-16-10(8)6-9/h1-7H. The van der Waals surface area contributed by atoms with Gasteiger partial charge in [-0.2, -0.15) is 0 Å². The maximum absolute atomic E-state index is 5.88. The highest BCUT2D eigenvalue weighted by molar-refractivity contribution is 9.10. The van der Waals surface area contributed by atoms with Crippen LogP contribution in [-0.4, -0.2) is 15.0 Å². The van der Waals surface area contributed by atoms with Crippen LogP contribution >= 0.6 is 27.5 Å². The molecule has 0 unspecified atom stereocenters. The van der Waals surface area contributed by atoms with Crippen molar-refractivity contribution in [3.05, 3.63) is 52.5 Å². The molecule has 94 valence electrons. The molecule has 0 saturated carbocycles. The lowest BCUT2D eigenvalue weighted by Crippen LogP contribution is -1.91. The van der Waals surface area contributed by atoms with Gasteiger partial charge in [-0.15, -0.1) is 0 Å². The molecule has 6 heteroatoms. The lowest BCUT2D eigenvalue weighted by Gasteiger charge is -2.07. The minimum absolute atomic E-state index is 0.309. The quantitative estimate of drug-likeness (QED) is 0.657. The summed E-state index contributed by atoms with van der Waals surface area (Å²) in [6, 6.07) is 9.52. The third-order valence-electron chi connectivity index (χ3n) is 2.51. The molecule has 0 aliphatic heterocycles. The van der Waals surface area contributed by atoms with Gasteiger partial charge in [0.05, 0.1) is 5.52 Å². The second-order valence-corrected chi connectivity index (χ2v) is 4.89. The van der Waals surface area contributed by atoms with E-state index in [4.69, 9.17) is 16.3 Å². The molecule has 3 aromatic rings. The van der Waals surface area contributed by atoms with Crippen LogP contribution in [0.15, 0.2) is 47.3 Å². The number of hydrogen-bond donors (Lipinski definition) is 0. The molecule has 3 rings (SSSR count). The average molecular weight is 337 g/mol. The summed E-state index contributed by atoms with van der Waals surface area (Å²) in [6.45, 7) is 0. The van der Waals surface area contributed by atoms with E-state index in [9.17, 15) is 0 Å². The van der Waals surface area contributed by atoms with Crippen LogP contribution in [0.25, 0.3) is 10.9 Å². The normalized spacial score (nSPS) is 10.6. The predicted octanol–water partition coefficient (Wildman–Crippen LogP) is 4.23. The van der Waals surface area contributed by atoms with Gasteiger partial charge in [0.2, 0.25) is 5.88 Å². The molecule has 0 saturated heterocycles. The van der Waals surface area contributed by atoms with Crippen molar-refractivity contribution < 1.29 is 4.74 Å². The maximum Gasteiger partial charge on any atom is 0.238 e. The highest BCUT2D eigenvalue weighted by atomic mass is 79.9. The van der Waals surface area contributed by atoms with Crippen molar-refractivity contribution in [2.45, 2.75) is 0 Å². The molecule has 19 heavy (non-hydrogen) atoms. The topological polar surface area (TPSA) is 47.9 Å². The molecule has 0 bridgehead atoms. The van der Waals surface area contributed by atoms with Gasteiger partial charge >= 0.3 is 0 Å². The number of hydrogen-bond acceptors (Lipinski definition) is 4. The summed E-state index contributed by atoms with van der Waals surface area (Å²) in [4.78, 5) is 12.1. The molecular weight excluding hydrogens is 330 g/mol. The van der Waals surface area contributed by atoms with Gasteiger partial charge in [-0.25, -0.2) is 9.97 Å². The average Bonchev–Trinajstić information content (AvgIpc) is 2.44. The lowest BCUT2D eigenvalue weighted by atomic mass is 10.2. The Labute approximate surface area is 122 Å². The van der Waals surface area contributed by atoms with E-state index in [0.717, 1.165) is 10.9 Å².